The molecule has 1 aromatic heterocycles. The van der Waals surface area contributed by atoms with E-state index in [4.69, 9.17) is 15.3 Å². The zero-order valence-electron chi connectivity index (χ0n) is 11.6. The van der Waals surface area contributed by atoms with Crippen LogP contribution in [-0.4, -0.2) is 23.7 Å². The van der Waals surface area contributed by atoms with E-state index in [0.717, 1.165) is 5.92 Å². The van der Waals surface area contributed by atoms with E-state index in [-0.39, 0.29) is 0 Å². The maximum absolute atomic E-state index is 5.79. The van der Waals surface area contributed by atoms with E-state index in [1.165, 1.54) is 32.0 Å². The minimum Gasteiger partial charge on any atom is -0.489 e. The van der Waals surface area contributed by atoms with Gasteiger partial charge in [0.05, 0.1) is 13.7 Å². The van der Waals surface area contributed by atoms with Gasteiger partial charge < -0.3 is 14.9 Å². The highest BCUT2D eigenvalue weighted by molar-refractivity contribution is 5.54. The average Bonchev–Trinajstić information content (AvgIpc) is 2.44. The topological polar surface area (TPSA) is 82.3 Å². The first-order valence-corrected chi connectivity index (χ1v) is 6.73. The van der Waals surface area contributed by atoms with Gasteiger partial charge in [-0.05, 0) is 24.7 Å². The van der Waals surface area contributed by atoms with Crippen molar-refractivity contribution in [1.82, 2.24) is 9.97 Å². The second kappa shape index (κ2) is 6.56. The van der Waals surface area contributed by atoms with Crippen LogP contribution in [0.2, 0.25) is 0 Å². The van der Waals surface area contributed by atoms with Gasteiger partial charge in [-0.15, -0.1) is 0 Å². The molecule has 1 aliphatic carbocycles. The number of nitrogens with zero attached hydrogens (tertiary/aromatic N) is 2. The Bertz CT molecular complexity index is 414. The number of methoxy groups -OCH3 is 1. The summed E-state index contributed by atoms with van der Waals surface area (Å²) < 4.78 is 11.0. The molecule has 1 fully saturated rings. The average molecular weight is 266 g/mol. The molecule has 0 aromatic carbocycles. The number of rotatable bonds is 5. The first-order chi connectivity index (χ1) is 9.24. The fourth-order valence-corrected chi connectivity index (χ4v) is 2.66. The van der Waals surface area contributed by atoms with Gasteiger partial charge in [0.2, 0.25) is 5.75 Å². The van der Waals surface area contributed by atoms with E-state index in [2.05, 4.69) is 22.3 Å². The van der Waals surface area contributed by atoms with Gasteiger partial charge in [0.15, 0.2) is 5.82 Å². The van der Waals surface area contributed by atoms with Crippen molar-refractivity contribution >= 4 is 5.82 Å². The Kier molecular flexibility index (Phi) is 4.79. The van der Waals surface area contributed by atoms with Gasteiger partial charge in [0.25, 0.3) is 5.88 Å². The fraction of sp³-hybridized carbons (Fsp3) is 0.692. The lowest BCUT2D eigenvalue weighted by Gasteiger charge is -2.26. The maximum atomic E-state index is 5.79. The number of aromatic nitrogens is 2. The highest BCUT2D eigenvalue weighted by Crippen LogP contribution is 2.33. The van der Waals surface area contributed by atoms with Gasteiger partial charge in [-0.3, -0.25) is 0 Å². The molecule has 3 N–H and O–H groups in total. The lowest BCUT2D eigenvalue weighted by atomic mass is 9.83. The summed E-state index contributed by atoms with van der Waals surface area (Å²) in [4.78, 5) is 8.09. The Morgan fingerprint density at radius 1 is 1.42 bits per heavy atom. The molecule has 0 amide bonds. The maximum Gasteiger partial charge on any atom is 0.262 e. The van der Waals surface area contributed by atoms with E-state index in [9.17, 15) is 0 Å². The molecule has 1 aliphatic rings. The number of hydrazine groups is 1. The number of hydrogen-bond donors (Lipinski definition) is 2. The number of hydrogen-bond acceptors (Lipinski definition) is 6. The van der Waals surface area contributed by atoms with Crippen LogP contribution in [0.1, 0.15) is 32.6 Å². The van der Waals surface area contributed by atoms with Crippen LogP contribution in [0.25, 0.3) is 0 Å². The molecule has 0 aliphatic heterocycles. The van der Waals surface area contributed by atoms with Gasteiger partial charge in [0, 0.05) is 0 Å². The zero-order chi connectivity index (χ0) is 13.7. The van der Waals surface area contributed by atoms with Crippen LogP contribution in [0.5, 0.6) is 11.6 Å². The molecule has 0 spiro atoms. The summed E-state index contributed by atoms with van der Waals surface area (Å²) in [5, 5.41) is 0. The number of nitrogen functional groups attached to an aromatic ring is 1. The summed E-state index contributed by atoms with van der Waals surface area (Å²) >= 11 is 0. The molecule has 0 bridgehead atoms. The second-order valence-electron chi connectivity index (χ2n) is 5.15. The normalized spacial score (nSPS) is 22.9. The molecule has 1 aromatic rings. The van der Waals surface area contributed by atoms with Gasteiger partial charge in [-0.25, -0.2) is 10.8 Å². The number of ether oxygens (including phenoxy) is 2. The highest BCUT2D eigenvalue weighted by Gasteiger charge is 2.21. The third kappa shape index (κ3) is 3.47. The van der Waals surface area contributed by atoms with Gasteiger partial charge in [-0.1, -0.05) is 19.8 Å². The van der Waals surface area contributed by atoms with Crippen LogP contribution in [0.4, 0.5) is 5.82 Å². The standard InChI is InChI=1S/C13H22N4O2/c1-9-4-3-5-10(6-9)7-19-13-11(18-2)12(17-14)15-8-16-13/h8-10H,3-7,14H2,1-2H3,(H,15,16,17). The van der Waals surface area contributed by atoms with Crippen LogP contribution in [-0.2, 0) is 0 Å². The van der Waals surface area contributed by atoms with Gasteiger partial charge >= 0.3 is 0 Å². The Hall–Kier alpha value is -1.56. The van der Waals surface area contributed by atoms with Crippen LogP contribution in [0.15, 0.2) is 6.33 Å². The summed E-state index contributed by atoms with van der Waals surface area (Å²) in [6.07, 6.45) is 6.46. The summed E-state index contributed by atoms with van der Waals surface area (Å²) in [5.41, 5.74) is 2.48. The Morgan fingerprint density at radius 3 is 2.95 bits per heavy atom. The van der Waals surface area contributed by atoms with E-state index in [1.54, 1.807) is 7.11 Å². The van der Waals surface area contributed by atoms with E-state index >= 15 is 0 Å². The molecule has 1 saturated carbocycles. The molecule has 0 radical (unpaired) electrons. The van der Waals surface area contributed by atoms with Gasteiger partial charge in [-0.2, -0.15) is 4.98 Å². The molecule has 2 unspecified atom stereocenters. The summed E-state index contributed by atoms with van der Waals surface area (Å²) in [6.45, 7) is 2.97. The molecule has 1 heterocycles. The minimum atomic E-state index is 0.435. The Labute approximate surface area is 113 Å². The molecular weight excluding hydrogens is 244 g/mol. The fourth-order valence-electron chi connectivity index (χ4n) is 2.66. The summed E-state index contributed by atoms with van der Waals surface area (Å²) in [5.74, 6) is 8.09. The van der Waals surface area contributed by atoms with Crippen molar-refractivity contribution < 1.29 is 9.47 Å². The van der Waals surface area contributed by atoms with E-state index in [1.807, 2.05) is 0 Å². The largest absolute Gasteiger partial charge is 0.489 e. The molecule has 0 saturated heterocycles. The first-order valence-electron chi connectivity index (χ1n) is 6.73. The Morgan fingerprint density at radius 2 is 2.26 bits per heavy atom. The van der Waals surface area contributed by atoms with Crippen molar-refractivity contribution in [1.29, 1.82) is 0 Å². The van der Waals surface area contributed by atoms with Crippen molar-refractivity contribution in [3.05, 3.63) is 6.33 Å². The smallest absolute Gasteiger partial charge is 0.262 e. The van der Waals surface area contributed by atoms with Crippen LogP contribution in [0.3, 0.4) is 0 Å². The molecular formula is C13H22N4O2. The SMILES string of the molecule is COc1c(NN)ncnc1OCC1CCCC(C)C1. The zero-order valence-corrected chi connectivity index (χ0v) is 11.6. The van der Waals surface area contributed by atoms with Crippen LogP contribution >= 0.6 is 0 Å². The third-order valence-electron chi connectivity index (χ3n) is 3.61. The lowest BCUT2D eigenvalue weighted by Crippen LogP contribution is -2.20. The molecule has 2 atom stereocenters. The van der Waals surface area contributed by atoms with Gasteiger partial charge in [0.1, 0.15) is 6.33 Å². The predicted octanol–water partition coefficient (Wildman–Crippen LogP) is 1.98. The molecule has 6 nitrogen and oxygen atoms in total. The van der Waals surface area contributed by atoms with Crippen molar-refractivity contribution in [2.75, 3.05) is 19.1 Å². The number of nitrogens with one attached hydrogen (secondary N) is 1. The van der Waals surface area contributed by atoms with Crippen LogP contribution in [0, 0.1) is 11.8 Å². The molecule has 19 heavy (non-hydrogen) atoms. The van der Waals surface area contributed by atoms with Crippen molar-refractivity contribution in [2.45, 2.75) is 32.6 Å². The lowest BCUT2D eigenvalue weighted by molar-refractivity contribution is 0.173. The number of nitrogens with two attached hydrogens (primary N) is 1. The number of anilines is 1. The predicted molar refractivity (Wildman–Crippen MR) is 73.0 cm³/mol. The third-order valence-corrected chi connectivity index (χ3v) is 3.61. The summed E-state index contributed by atoms with van der Waals surface area (Å²) in [7, 11) is 1.55. The highest BCUT2D eigenvalue weighted by atomic mass is 16.5. The molecule has 2 rings (SSSR count). The summed E-state index contributed by atoms with van der Waals surface area (Å²) in [6, 6.07) is 0. The second-order valence-corrected chi connectivity index (χ2v) is 5.15. The quantitative estimate of drug-likeness (QED) is 0.626. The van der Waals surface area contributed by atoms with E-state index in [0.29, 0.717) is 30.0 Å². The van der Waals surface area contributed by atoms with Crippen molar-refractivity contribution in [3.8, 4) is 11.6 Å². The van der Waals surface area contributed by atoms with Crippen LogP contribution < -0.4 is 20.7 Å². The molecule has 106 valence electrons. The Balaban J connectivity index is 1.99. The van der Waals surface area contributed by atoms with Crippen molar-refractivity contribution in [3.63, 3.8) is 0 Å². The van der Waals surface area contributed by atoms with Crippen molar-refractivity contribution in [2.24, 2.45) is 17.7 Å². The molecule has 6 heteroatoms. The first kappa shape index (κ1) is 13.9. The monoisotopic (exact) mass is 266 g/mol. The minimum absolute atomic E-state index is 0.435. The van der Waals surface area contributed by atoms with E-state index < -0.39 is 0 Å².